The van der Waals surface area contributed by atoms with E-state index in [1.54, 1.807) is 0 Å². The lowest BCUT2D eigenvalue weighted by atomic mass is 10.2. The fourth-order valence-electron chi connectivity index (χ4n) is 1.51. The van der Waals surface area contributed by atoms with Crippen LogP contribution in [-0.2, 0) is 6.18 Å². The SMILES string of the molecule is Cc1cc(F)c(Oc2ccc(C(F)(F)F)nc2)c(F)c1. The van der Waals surface area contributed by atoms with E-state index in [-0.39, 0.29) is 5.75 Å². The van der Waals surface area contributed by atoms with Gasteiger partial charge in [-0.1, -0.05) is 0 Å². The zero-order valence-corrected chi connectivity index (χ0v) is 10.1. The lowest BCUT2D eigenvalue weighted by Crippen LogP contribution is -2.07. The highest BCUT2D eigenvalue weighted by molar-refractivity contribution is 5.35. The molecule has 2 nitrogen and oxygen atoms in total. The van der Waals surface area contributed by atoms with Crippen molar-refractivity contribution in [2.75, 3.05) is 0 Å². The number of halogens is 5. The van der Waals surface area contributed by atoms with Crippen molar-refractivity contribution >= 4 is 0 Å². The molecule has 0 spiro atoms. The molecule has 1 heterocycles. The zero-order valence-electron chi connectivity index (χ0n) is 10.1. The molecule has 2 aromatic rings. The molecule has 0 radical (unpaired) electrons. The van der Waals surface area contributed by atoms with Crippen LogP contribution in [0.15, 0.2) is 30.5 Å². The first-order valence-electron chi connectivity index (χ1n) is 5.44. The van der Waals surface area contributed by atoms with Crippen LogP contribution in [0, 0.1) is 18.6 Å². The van der Waals surface area contributed by atoms with Gasteiger partial charge < -0.3 is 4.74 Å². The van der Waals surface area contributed by atoms with E-state index in [2.05, 4.69) is 4.98 Å². The van der Waals surface area contributed by atoms with Gasteiger partial charge in [0.15, 0.2) is 17.4 Å². The van der Waals surface area contributed by atoms with E-state index >= 15 is 0 Å². The predicted molar refractivity (Wildman–Crippen MR) is 60.4 cm³/mol. The lowest BCUT2D eigenvalue weighted by molar-refractivity contribution is -0.141. The Kier molecular flexibility index (Phi) is 3.61. The fraction of sp³-hybridized carbons (Fsp3) is 0.154. The maximum absolute atomic E-state index is 13.5. The highest BCUT2D eigenvalue weighted by Gasteiger charge is 2.32. The highest BCUT2D eigenvalue weighted by Crippen LogP contribution is 2.31. The van der Waals surface area contributed by atoms with E-state index in [0.717, 1.165) is 24.4 Å². The summed E-state index contributed by atoms with van der Waals surface area (Å²) in [6, 6.07) is 3.71. The monoisotopic (exact) mass is 289 g/mol. The molecule has 0 amide bonds. The molecule has 0 aliphatic carbocycles. The van der Waals surface area contributed by atoms with Crippen LogP contribution in [-0.4, -0.2) is 4.98 Å². The molecule has 0 atom stereocenters. The average Bonchev–Trinajstić information content (AvgIpc) is 2.33. The van der Waals surface area contributed by atoms with Crippen LogP contribution in [0.5, 0.6) is 11.5 Å². The molecule has 0 bridgehead atoms. The Bertz CT molecular complexity index is 599. The Morgan fingerprint density at radius 2 is 1.65 bits per heavy atom. The molecule has 0 aliphatic heterocycles. The van der Waals surface area contributed by atoms with Gasteiger partial charge in [0.05, 0.1) is 6.20 Å². The van der Waals surface area contributed by atoms with Crippen molar-refractivity contribution in [2.24, 2.45) is 0 Å². The number of nitrogens with zero attached hydrogens (tertiary/aromatic N) is 1. The second-order valence-corrected chi connectivity index (χ2v) is 4.04. The smallest absolute Gasteiger partial charge is 0.433 e. The molecule has 0 N–H and O–H groups in total. The minimum atomic E-state index is -4.58. The minimum absolute atomic E-state index is 0.195. The van der Waals surface area contributed by atoms with E-state index in [1.165, 1.54) is 6.92 Å². The van der Waals surface area contributed by atoms with Crippen molar-refractivity contribution < 1.29 is 26.7 Å². The van der Waals surface area contributed by atoms with Gasteiger partial charge in [0.2, 0.25) is 0 Å². The zero-order chi connectivity index (χ0) is 14.9. The third kappa shape index (κ3) is 3.04. The molecule has 0 unspecified atom stereocenters. The number of benzene rings is 1. The van der Waals surface area contributed by atoms with E-state index < -0.39 is 29.3 Å². The van der Waals surface area contributed by atoms with Crippen LogP contribution in [0.4, 0.5) is 22.0 Å². The number of aryl methyl sites for hydroxylation is 1. The molecule has 106 valence electrons. The number of pyridine rings is 1. The topological polar surface area (TPSA) is 22.1 Å². The number of rotatable bonds is 2. The molecular formula is C13H8F5NO. The van der Waals surface area contributed by atoms with Gasteiger partial charge in [0, 0.05) is 0 Å². The number of alkyl halides is 3. The molecule has 20 heavy (non-hydrogen) atoms. The fourth-order valence-corrected chi connectivity index (χ4v) is 1.51. The number of ether oxygens (including phenoxy) is 1. The maximum Gasteiger partial charge on any atom is 0.433 e. The highest BCUT2D eigenvalue weighted by atomic mass is 19.4. The summed E-state index contributed by atoms with van der Waals surface area (Å²) >= 11 is 0. The molecule has 7 heteroatoms. The Hall–Kier alpha value is -2.18. The Morgan fingerprint density at radius 1 is 1.05 bits per heavy atom. The molecule has 2 rings (SSSR count). The Labute approximate surface area is 110 Å². The van der Waals surface area contributed by atoms with E-state index in [4.69, 9.17) is 4.74 Å². The van der Waals surface area contributed by atoms with E-state index in [0.29, 0.717) is 11.6 Å². The summed E-state index contributed by atoms with van der Waals surface area (Å²) in [7, 11) is 0. The first-order valence-corrected chi connectivity index (χ1v) is 5.44. The van der Waals surface area contributed by atoms with Crippen LogP contribution in [0.25, 0.3) is 0 Å². The third-order valence-electron chi connectivity index (χ3n) is 2.39. The van der Waals surface area contributed by atoms with Gasteiger partial charge >= 0.3 is 6.18 Å². The molecule has 0 fully saturated rings. The van der Waals surface area contributed by atoms with Gasteiger partial charge in [-0.2, -0.15) is 13.2 Å². The summed E-state index contributed by atoms with van der Waals surface area (Å²) in [5.74, 6) is -2.76. The minimum Gasteiger partial charge on any atom is -0.450 e. The average molecular weight is 289 g/mol. The Balaban J connectivity index is 2.27. The van der Waals surface area contributed by atoms with Crippen molar-refractivity contribution in [1.29, 1.82) is 0 Å². The van der Waals surface area contributed by atoms with Gasteiger partial charge in [-0.3, -0.25) is 0 Å². The summed E-state index contributed by atoms with van der Waals surface area (Å²) in [5, 5.41) is 0. The van der Waals surface area contributed by atoms with Crippen molar-refractivity contribution in [1.82, 2.24) is 4.98 Å². The first-order chi connectivity index (χ1) is 9.27. The third-order valence-corrected chi connectivity index (χ3v) is 2.39. The second-order valence-electron chi connectivity index (χ2n) is 4.04. The largest absolute Gasteiger partial charge is 0.450 e. The van der Waals surface area contributed by atoms with Crippen molar-refractivity contribution in [2.45, 2.75) is 13.1 Å². The van der Waals surface area contributed by atoms with E-state index in [9.17, 15) is 22.0 Å². The lowest BCUT2D eigenvalue weighted by Gasteiger charge is -2.10. The number of hydrogen-bond donors (Lipinski definition) is 0. The molecule has 1 aromatic heterocycles. The van der Waals surface area contributed by atoms with Crippen molar-refractivity contribution in [3.63, 3.8) is 0 Å². The molecule has 1 aromatic carbocycles. The van der Waals surface area contributed by atoms with Crippen LogP contribution >= 0.6 is 0 Å². The molecule has 0 saturated heterocycles. The summed E-state index contributed by atoms with van der Waals surface area (Å²) in [5.41, 5.74) is -0.757. The van der Waals surface area contributed by atoms with Crippen LogP contribution in [0.1, 0.15) is 11.3 Å². The summed E-state index contributed by atoms with van der Waals surface area (Å²) < 4.78 is 68.8. The molecule has 0 saturated carbocycles. The molecule has 0 aliphatic rings. The van der Waals surface area contributed by atoms with Gasteiger partial charge in [-0.15, -0.1) is 0 Å². The summed E-state index contributed by atoms with van der Waals surface area (Å²) in [4.78, 5) is 3.13. The Morgan fingerprint density at radius 3 is 2.10 bits per heavy atom. The quantitative estimate of drug-likeness (QED) is 0.760. The number of aromatic nitrogens is 1. The van der Waals surface area contributed by atoms with Crippen LogP contribution in [0.3, 0.4) is 0 Å². The first kappa shape index (κ1) is 14.2. The van der Waals surface area contributed by atoms with Gasteiger partial charge in [-0.25, -0.2) is 13.8 Å². The second kappa shape index (κ2) is 5.07. The predicted octanol–water partition coefficient (Wildman–Crippen LogP) is 4.48. The van der Waals surface area contributed by atoms with Gasteiger partial charge in [0.25, 0.3) is 0 Å². The van der Waals surface area contributed by atoms with Crippen molar-refractivity contribution in [3.05, 3.63) is 53.4 Å². The van der Waals surface area contributed by atoms with Crippen molar-refractivity contribution in [3.8, 4) is 11.5 Å². The van der Waals surface area contributed by atoms with E-state index in [1.807, 2.05) is 0 Å². The standard InChI is InChI=1S/C13H8F5NO/c1-7-4-9(14)12(10(15)5-7)20-8-2-3-11(19-6-8)13(16,17)18/h2-6H,1H3. The van der Waals surface area contributed by atoms with Gasteiger partial charge in [-0.05, 0) is 36.8 Å². The molecular weight excluding hydrogens is 281 g/mol. The van der Waals surface area contributed by atoms with Crippen LogP contribution < -0.4 is 4.74 Å². The summed E-state index contributed by atoms with van der Waals surface area (Å²) in [6.45, 7) is 1.50. The summed E-state index contributed by atoms with van der Waals surface area (Å²) in [6.07, 6.45) is -3.83. The normalized spacial score (nSPS) is 11.5. The number of hydrogen-bond acceptors (Lipinski definition) is 2. The maximum atomic E-state index is 13.5. The van der Waals surface area contributed by atoms with Gasteiger partial charge in [0.1, 0.15) is 11.4 Å². The van der Waals surface area contributed by atoms with Crippen LogP contribution in [0.2, 0.25) is 0 Å².